The van der Waals surface area contributed by atoms with E-state index in [2.05, 4.69) is 10.2 Å². The highest BCUT2D eigenvalue weighted by Gasteiger charge is 2.21. The molecule has 2 aromatic rings. The Labute approximate surface area is 170 Å². The number of likely N-dealkylation sites (tertiary alicyclic amines) is 1. The number of rotatable bonds is 7. The molecule has 1 heterocycles. The van der Waals surface area contributed by atoms with Gasteiger partial charge in [0.15, 0.2) is 5.82 Å². The van der Waals surface area contributed by atoms with Crippen molar-refractivity contribution in [3.63, 3.8) is 0 Å². The molecule has 1 saturated heterocycles. The molecule has 1 amide bonds. The zero-order valence-corrected chi connectivity index (χ0v) is 16.5. The number of amides is 1. The highest BCUT2D eigenvalue weighted by molar-refractivity contribution is 6.31. The van der Waals surface area contributed by atoms with Gasteiger partial charge in [0.25, 0.3) is 5.91 Å². The fraction of sp³-hybridized carbons (Fsp3) is 0.409. The zero-order chi connectivity index (χ0) is 19.9. The van der Waals surface area contributed by atoms with Crippen LogP contribution in [0.1, 0.15) is 41.3 Å². The van der Waals surface area contributed by atoms with Gasteiger partial charge in [-0.2, -0.15) is 0 Å². The van der Waals surface area contributed by atoms with Crippen LogP contribution in [0.5, 0.6) is 0 Å². The van der Waals surface area contributed by atoms with Gasteiger partial charge < -0.3 is 15.3 Å². The largest absolute Gasteiger partial charge is 0.388 e. The SMILES string of the molecule is O=C(NCC1CCN(CC[C@H](O)c2ccccc2)CC1)c1cccc(Cl)c1F. The minimum absolute atomic E-state index is 0.0140. The first-order valence-electron chi connectivity index (χ1n) is 9.72. The van der Waals surface area contributed by atoms with Gasteiger partial charge >= 0.3 is 0 Å². The molecule has 1 atom stereocenters. The standard InChI is InChI=1S/C22H26ClFN2O2/c23-19-8-4-7-18(21(19)24)22(28)25-15-16-9-12-26(13-10-16)14-11-20(27)17-5-2-1-3-6-17/h1-8,16,20,27H,9-15H2,(H,25,28)/t20-/m0/s1. The molecule has 28 heavy (non-hydrogen) atoms. The number of carbonyl (C=O) groups excluding carboxylic acids is 1. The molecule has 1 fully saturated rings. The van der Waals surface area contributed by atoms with E-state index < -0.39 is 17.8 Å². The number of aliphatic hydroxyl groups is 1. The van der Waals surface area contributed by atoms with Gasteiger partial charge in [-0.15, -0.1) is 0 Å². The van der Waals surface area contributed by atoms with E-state index in [0.29, 0.717) is 18.9 Å². The van der Waals surface area contributed by atoms with Gasteiger partial charge in [-0.25, -0.2) is 4.39 Å². The van der Waals surface area contributed by atoms with Crippen molar-refractivity contribution in [3.8, 4) is 0 Å². The summed E-state index contributed by atoms with van der Waals surface area (Å²) in [7, 11) is 0. The number of piperidine rings is 1. The van der Waals surface area contributed by atoms with Crippen LogP contribution >= 0.6 is 11.6 Å². The number of hydrogen-bond acceptors (Lipinski definition) is 3. The van der Waals surface area contributed by atoms with Crippen molar-refractivity contribution in [1.29, 1.82) is 0 Å². The van der Waals surface area contributed by atoms with E-state index in [1.54, 1.807) is 6.07 Å². The topological polar surface area (TPSA) is 52.6 Å². The van der Waals surface area contributed by atoms with Gasteiger partial charge in [0.05, 0.1) is 16.7 Å². The fourth-order valence-electron chi connectivity index (χ4n) is 3.57. The van der Waals surface area contributed by atoms with Crippen LogP contribution in [-0.4, -0.2) is 42.1 Å². The van der Waals surface area contributed by atoms with E-state index >= 15 is 0 Å². The first-order chi connectivity index (χ1) is 13.5. The third-order valence-electron chi connectivity index (χ3n) is 5.36. The van der Waals surface area contributed by atoms with Gasteiger partial charge in [-0.05, 0) is 56.0 Å². The first-order valence-corrected chi connectivity index (χ1v) is 10.1. The zero-order valence-electron chi connectivity index (χ0n) is 15.8. The second-order valence-electron chi connectivity index (χ2n) is 7.31. The summed E-state index contributed by atoms with van der Waals surface area (Å²) < 4.78 is 13.9. The van der Waals surface area contributed by atoms with Crippen LogP contribution in [0, 0.1) is 11.7 Å². The van der Waals surface area contributed by atoms with E-state index in [9.17, 15) is 14.3 Å². The van der Waals surface area contributed by atoms with Crippen molar-refractivity contribution in [1.82, 2.24) is 10.2 Å². The maximum Gasteiger partial charge on any atom is 0.254 e. The van der Waals surface area contributed by atoms with Crippen LogP contribution in [0.4, 0.5) is 4.39 Å². The van der Waals surface area contributed by atoms with Crippen molar-refractivity contribution in [2.75, 3.05) is 26.2 Å². The van der Waals surface area contributed by atoms with Crippen molar-refractivity contribution >= 4 is 17.5 Å². The van der Waals surface area contributed by atoms with Gasteiger partial charge in [0.2, 0.25) is 0 Å². The van der Waals surface area contributed by atoms with Crippen LogP contribution in [0.2, 0.25) is 5.02 Å². The summed E-state index contributed by atoms with van der Waals surface area (Å²) in [5, 5.41) is 13.1. The van der Waals surface area contributed by atoms with E-state index in [1.165, 1.54) is 12.1 Å². The number of benzene rings is 2. The molecular formula is C22H26ClFN2O2. The molecule has 4 nitrogen and oxygen atoms in total. The van der Waals surface area contributed by atoms with E-state index in [1.807, 2.05) is 30.3 Å². The molecule has 0 aromatic heterocycles. The van der Waals surface area contributed by atoms with Gasteiger partial charge in [-0.3, -0.25) is 4.79 Å². The molecule has 2 N–H and O–H groups in total. The molecule has 0 bridgehead atoms. The Balaban J connectivity index is 1.38. The van der Waals surface area contributed by atoms with Crippen LogP contribution in [0.15, 0.2) is 48.5 Å². The number of aliphatic hydroxyl groups excluding tert-OH is 1. The molecule has 6 heteroatoms. The predicted octanol–water partition coefficient (Wildman–Crippen LogP) is 4.04. The number of halogens is 2. The Bertz CT molecular complexity index is 779. The second kappa shape index (κ2) is 10.0. The normalized spacial score (nSPS) is 16.7. The third-order valence-corrected chi connectivity index (χ3v) is 5.65. The molecule has 0 aliphatic carbocycles. The monoisotopic (exact) mass is 404 g/mol. The Hall–Kier alpha value is -1.95. The summed E-state index contributed by atoms with van der Waals surface area (Å²) in [5.41, 5.74) is 0.938. The van der Waals surface area contributed by atoms with Crippen LogP contribution in [-0.2, 0) is 0 Å². The average Bonchev–Trinajstić information content (AvgIpc) is 2.73. The number of nitrogens with zero attached hydrogens (tertiary/aromatic N) is 1. The van der Waals surface area contributed by atoms with Gasteiger partial charge in [0.1, 0.15) is 0 Å². The molecule has 150 valence electrons. The third kappa shape index (κ3) is 5.53. The molecule has 0 saturated carbocycles. The molecule has 2 aromatic carbocycles. The van der Waals surface area contributed by atoms with Gasteiger partial charge in [-0.1, -0.05) is 48.0 Å². The average molecular weight is 405 g/mol. The predicted molar refractivity (Wildman–Crippen MR) is 109 cm³/mol. The Kier molecular flexibility index (Phi) is 7.43. The van der Waals surface area contributed by atoms with E-state index in [-0.39, 0.29) is 10.6 Å². The molecule has 0 spiro atoms. The summed E-state index contributed by atoms with van der Waals surface area (Å²) in [5.74, 6) is -0.719. The fourth-order valence-corrected chi connectivity index (χ4v) is 3.75. The van der Waals surface area contributed by atoms with E-state index in [0.717, 1.165) is 38.0 Å². The minimum Gasteiger partial charge on any atom is -0.388 e. The Morgan fingerprint density at radius 3 is 2.61 bits per heavy atom. The summed E-state index contributed by atoms with van der Waals surface area (Å²) in [4.78, 5) is 14.5. The van der Waals surface area contributed by atoms with Crippen molar-refractivity contribution in [2.24, 2.45) is 5.92 Å². The maximum atomic E-state index is 13.9. The maximum absolute atomic E-state index is 13.9. The summed E-state index contributed by atoms with van der Waals surface area (Å²) in [6.07, 6.45) is 2.21. The van der Waals surface area contributed by atoms with Crippen LogP contribution < -0.4 is 5.32 Å². The van der Waals surface area contributed by atoms with Crippen molar-refractivity contribution in [2.45, 2.75) is 25.4 Å². The van der Waals surface area contributed by atoms with Crippen LogP contribution in [0.25, 0.3) is 0 Å². The number of nitrogens with one attached hydrogen (secondary N) is 1. The lowest BCUT2D eigenvalue weighted by atomic mass is 9.96. The smallest absolute Gasteiger partial charge is 0.254 e. The molecule has 0 unspecified atom stereocenters. The van der Waals surface area contributed by atoms with E-state index in [4.69, 9.17) is 11.6 Å². The molecule has 3 rings (SSSR count). The number of carbonyl (C=O) groups is 1. The highest BCUT2D eigenvalue weighted by atomic mass is 35.5. The lowest BCUT2D eigenvalue weighted by molar-refractivity contribution is 0.0924. The molecule has 0 radical (unpaired) electrons. The number of hydrogen-bond donors (Lipinski definition) is 2. The Morgan fingerprint density at radius 1 is 1.18 bits per heavy atom. The minimum atomic E-state index is -0.673. The van der Waals surface area contributed by atoms with Crippen molar-refractivity contribution < 1.29 is 14.3 Å². The summed E-state index contributed by atoms with van der Waals surface area (Å²) in [6, 6.07) is 14.2. The lowest BCUT2D eigenvalue weighted by Crippen LogP contribution is -2.39. The molecule has 1 aliphatic heterocycles. The summed E-state index contributed by atoms with van der Waals surface area (Å²) in [6.45, 7) is 3.26. The molecular weight excluding hydrogens is 379 g/mol. The Morgan fingerprint density at radius 2 is 1.89 bits per heavy atom. The van der Waals surface area contributed by atoms with Gasteiger partial charge in [0, 0.05) is 13.1 Å². The first kappa shape index (κ1) is 20.8. The highest BCUT2D eigenvalue weighted by Crippen LogP contribution is 2.21. The molecule has 1 aliphatic rings. The summed E-state index contributed by atoms with van der Waals surface area (Å²) >= 11 is 5.74. The lowest BCUT2D eigenvalue weighted by Gasteiger charge is -2.32. The van der Waals surface area contributed by atoms with Crippen molar-refractivity contribution in [3.05, 3.63) is 70.5 Å². The second-order valence-corrected chi connectivity index (χ2v) is 7.72. The quantitative estimate of drug-likeness (QED) is 0.732. The van der Waals surface area contributed by atoms with Crippen LogP contribution in [0.3, 0.4) is 0 Å².